The molecule has 28 heavy (non-hydrogen) atoms. The number of unbranched alkanes of at least 4 members (excludes halogenated alkanes) is 2. The molecule has 0 aliphatic heterocycles. The Morgan fingerprint density at radius 2 is 1.93 bits per heavy atom. The van der Waals surface area contributed by atoms with Gasteiger partial charge < -0.3 is 9.84 Å². The van der Waals surface area contributed by atoms with E-state index in [1.165, 1.54) is 7.11 Å². The van der Waals surface area contributed by atoms with E-state index >= 15 is 0 Å². The summed E-state index contributed by atoms with van der Waals surface area (Å²) in [6.07, 6.45) is 10.7. The van der Waals surface area contributed by atoms with Gasteiger partial charge in [-0.15, -0.1) is 0 Å². The monoisotopic (exact) mass is 392 g/mol. The Kier molecular flexibility index (Phi) is 6.29. The van der Waals surface area contributed by atoms with E-state index in [9.17, 15) is 14.7 Å². The van der Waals surface area contributed by atoms with Gasteiger partial charge in [0.25, 0.3) is 0 Å². The van der Waals surface area contributed by atoms with E-state index in [0.29, 0.717) is 36.4 Å². The molecule has 0 bridgehead atoms. The zero-order valence-corrected chi connectivity index (χ0v) is 18.4. The third-order valence-electron chi connectivity index (χ3n) is 8.76. The second-order valence-corrected chi connectivity index (χ2v) is 10.6. The minimum Gasteiger partial charge on any atom is -0.469 e. The minimum absolute atomic E-state index is 0.0644. The van der Waals surface area contributed by atoms with Crippen molar-refractivity contribution < 1.29 is 19.4 Å². The van der Waals surface area contributed by atoms with Gasteiger partial charge in [-0.1, -0.05) is 40.0 Å². The molecule has 4 nitrogen and oxygen atoms in total. The van der Waals surface area contributed by atoms with E-state index in [1.54, 1.807) is 0 Å². The molecular weight excluding hydrogens is 352 g/mol. The fourth-order valence-corrected chi connectivity index (χ4v) is 7.26. The van der Waals surface area contributed by atoms with Crippen LogP contribution < -0.4 is 0 Å². The van der Waals surface area contributed by atoms with Crippen molar-refractivity contribution in [2.24, 2.45) is 28.6 Å². The van der Waals surface area contributed by atoms with Gasteiger partial charge in [0.15, 0.2) is 0 Å². The van der Waals surface area contributed by atoms with Crippen LogP contribution in [-0.4, -0.2) is 29.6 Å². The van der Waals surface area contributed by atoms with Crippen molar-refractivity contribution in [3.63, 3.8) is 0 Å². The average molecular weight is 393 g/mol. The van der Waals surface area contributed by atoms with Crippen molar-refractivity contribution >= 4 is 11.8 Å². The number of ether oxygens (including phenoxy) is 1. The van der Waals surface area contributed by atoms with Gasteiger partial charge in [-0.25, -0.2) is 0 Å². The first-order valence-corrected chi connectivity index (χ1v) is 11.5. The smallest absolute Gasteiger partial charge is 0.305 e. The van der Waals surface area contributed by atoms with Crippen LogP contribution in [0.1, 0.15) is 97.8 Å². The van der Waals surface area contributed by atoms with E-state index in [1.807, 2.05) is 0 Å². The number of methoxy groups -OCH3 is 1. The lowest BCUT2D eigenvalue weighted by molar-refractivity contribution is -0.161. The number of Topliss-reactive ketones (excluding diaryl/α,β-unsaturated/α-hetero) is 1. The first-order chi connectivity index (χ1) is 13.2. The molecule has 3 rings (SSSR count). The largest absolute Gasteiger partial charge is 0.469 e. The van der Waals surface area contributed by atoms with Gasteiger partial charge in [0.1, 0.15) is 5.78 Å². The Morgan fingerprint density at radius 1 is 1.18 bits per heavy atom. The maximum absolute atomic E-state index is 12.7. The molecule has 3 aliphatic carbocycles. The number of esters is 1. The van der Waals surface area contributed by atoms with Crippen LogP contribution in [-0.2, 0) is 14.3 Å². The molecule has 3 aliphatic rings. The van der Waals surface area contributed by atoms with Crippen LogP contribution in [0.5, 0.6) is 0 Å². The predicted molar refractivity (Wildman–Crippen MR) is 110 cm³/mol. The van der Waals surface area contributed by atoms with Crippen LogP contribution in [0.15, 0.2) is 0 Å². The normalized spacial score (nSPS) is 42.8. The lowest BCUT2D eigenvalue weighted by Crippen LogP contribution is -2.55. The third kappa shape index (κ3) is 3.91. The summed E-state index contributed by atoms with van der Waals surface area (Å²) in [5.74, 6) is 1.57. The van der Waals surface area contributed by atoms with Gasteiger partial charge in [0, 0.05) is 18.3 Å². The van der Waals surface area contributed by atoms with Gasteiger partial charge in [0.2, 0.25) is 0 Å². The molecule has 3 saturated carbocycles. The summed E-state index contributed by atoms with van der Waals surface area (Å²) in [6.45, 7) is 6.66. The number of aliphatic hydroxyl groups is 1. The van der Waals surface area contributed by atoms with E-state index in [4.69, 9.17) is 4.74 Å². The number of ketones is 1. The molecule has 0 spiro atoms. The van der Waals surface area contributed by atoms with Crippen molar-refractivity contribution in [1.29, 1.82) is 0 Å². The highest BCUT2D eigenvalue weighted by Gasteiger charge is 2.61. The van der Waals surface area contributed by atoms with E-state index in [-0.39, 0.29) is 16.8 Å². The highest BCUT2D eigenvalue weighted by molar-refractivity contribution is 5.87. The zero-order chi connectivity index (χ0) is 20.6. The number of rotatable bonds is 7. The number of carbonyl (C=O) groups excluding carboxylic acids is 2. The summed E-state index contributed by atoms with van der Waals surface area (Å²) in [6, 6.07) is 0. The molecule has 160 valence electrons. The third-order valence-corrected chi connectivity index (χ3v) is 8.76. The van der Waals surface area contributed by atoms with E-state index < -0.39 is 5.60 Å². The highest BCUT2D eigenvalue weighted by Crippen LogP contribution is 2.64. The van der Waals surface area contributed by atoms with Crippen LogP contribution in [0, 0.1) is 28.6 Å². The summed E-state index contributed by atoms with van der Waals surface area (Å²) >= 11 is 0. The summed E-state index contributed by atoms with van der Waals surface area (Å²) in [4.78, 5) is 24.5. The van der Waals surface area contributed by atoms with E-state index in [2.05, 4.69) is 20.8 Å². The quantitative estimate of drug-likeness (QED) is 0.486. The van der Waals surface area contributed by atoms with Crippen molar-refractivity contribution in [1.82, 2.24) is 0 Å². The Labute approximate surface area is 170 Å². The molecule has 6 unspecified atom stereocenters. The molecular formula is C24H40O4. The standard InChI is InChI=1S/C24H40O4/c1-5-6-7-12-24(27)15-17-18(22(2,16-24)13-11-21(26)28-4)10-14-23(3)19(17)8-9-20(23)25/h17-19,27H,5-16H2,1-4H3. The van der Waals surface area contributed by atoms with Crippen LogP contribution >= 0.6 is 0 Å². The topological polar surface area (TPSA) is 63.6 Å². The molecule has 0 aromatic rings. The molecule has 0 saturated heterocycles. The molecule has 0 aromatic carbocycles. The lowest BCUT2D eigenvalue weighted by Gasteiger charge is -2.59. The SMILES string of the molecule is CCCCCC1(O)CC2C(CCC3(C)C(=O)CCC23)C(C)(CCC(=O)OC)C1. The number of hydrogen-bond acceptors (Lipinski definition) is 4. The summed E-state index contributed by atoms with van der Waals surface area (Å²) in [7, 11) is 1.45. The van der Waals surface area contributed by atoms with E-state index in [0.717, 1.165) is 64.2 Å². The maximum atomic E-state index is 12.7. The first-order valence-electron chi connectivity index (χ1n) is 11.5. The van der Waals surface area contributed by atoms with Crippen molar-refractivity contribution in [3.8, 4) is 0 Å². The Bertz CT molecular complexity index is 601. The lowest BCUT2D eigenvalue weighted by atomic mass is 9.46. The van der Waals surface area contributed by atoms with Gasteiger partial charge in [0.05, 0.1) is 12.7 Å². The first kappa shape index (κ1) is 21.8. The summed E-state index contributed by atoms with van der Waals surface area (Å²) < 4.78 is 4.91. The second kappa shape index (κ2) is 8.08. The Morgan fingerprint density at radius 3 is 2.61 bits per heavy atom. The zero-order valence-electron chi connectivity index (χ0n) is 18.4. The fraction of sp³-hybridized carbons (Fsp3) is 0.917. The average Bonchev–Trinajstić information content (AvgIpc) is 2.95. The fourth-order valence-electron chi connectivity index (χ4n) is 7.26. The second-order valence-electron chi connectivity index (χ2n) is 10.6. The van der Waals surface area contributed by atoms with Crippen molar-refractivity contribution in [2.75, 3.05) is 7.11 Å². The summed E-state index contributed by atoms with van der Waals surface area (Å²) in [5.41, 5.74) is -0.914. The molecule has 1 N–H and O–H groups in total. The molecule has 4 heteroatoms. The van der Waals surface area contributed by atoms with Crippen molar-refractivity contribution in [3.05, 3.63) is 0 Å². The van der Waals surface area contributed by atoms with Crippen LogP contribution in [0.3, 0.4) is 0 Å². The van der Waals surface area contributed by atoms with Gasteiger partial charge in [-0.2, -0.15) is 0 Å². The minimum atomic E-state index is -0.662. The molecule has 0 radical (unpaired) electrons. The Hall–Kier alpha value is -0.900. The molecule has 6 atom stereocenters. The molecule has 3 fully saturated rings. The van der Waals surface area contributed by atoms with Crippen molar-refractivity contribution in [2.45, 2.75) is 103 Å². The molecule has 0 amide bonds. The van der Waals surface area contributed by atoms with Gasteiger partial charge >= 0.3 is 5.97 Å². The number of fused-ring (bicyclic) bond motifs is 3. The molecule has 0 heterocycles. The Balaban J connectivity index is 1.87. The predicted octanol–water partition coefficient (Wildman–Crippen LogP) is 5.06. The highest BCUT2D eigenvalue weighted by atomic mass is 16.5. The van der Waals surface area contributed by atoms with Gasteiger partial charge in [-0.3, -0.25) is 9.59 Å². The molecule has 0 aromatic heterocycles. The van der Waals surface area contributed by atoms with Gasteiger partial charge in [-0.05, 0) is 68.1 Å². The van der Waals surface area contributed by atoms with Crippen LogP contribution in [0.2, 0.25) is 0 Å². The number of carbonyl (C=O) groups is 2. The summed E-state index contributed by atoms with van der Waals surface area (Å²) in [5, 5.41) is 11.7. The number of hydrogen-bond donors (Lipinski definition) is 1. The maximum Gasteiger partial charge on any atom is 0.305 e. The van der Waals surface area contributed by atoms with Crippen LogP contribution in [0.4, 0.5) is 0 Å². The van der Waals surface area contributed by atoms with Crippen LogP contribution in [0.25, 0.3) is 0 Å².